The van der Waals surface area contributed by atoms with E-state index in [0.717, 1.165) is 5.69 Å². The highest BCUT2D eigenvalue weighted by molar-refractivity contribution is 7.89. The SMILES string of the molecule is Cc1ncccc1O[C@@H]1CCN(S(=O)(=O)c2cccc(C(N)=O)c2)C1. The maximum Gasteiger partial charge on any atom is 0.248 e. The number of nitrogens with two attached hydrogens (primary N) is 1. The lowest BCUT2D eigenvalue weighted by molar-refractivity contribution is 0.1000. The van der Waals surface area contributed by atoms with Crippen molar-refractivity contribution in [1.82, 2.24) is 9.29 Å². The van der Waals surface area contributed by atoms with Gasteiger partial charge < -0.3 is 10.5 Å². The van der Waals surface area contributed by atoms with Crippen LogP contribution in [0.4, 0.5) is 0 Å². The number of carbonyl (C=O) groups excluding carboxylic acids is 1. The summed E-state index contributed by atoms with van der Waals surface area (Å²) in [5, 5.41) is 0. The summed E-state index contributed by atoms with van der Waals surface area (Å²) in [6.45, 7) is 2.44. The van der Waals surface area contributed by atoms with Crippen molar-refractivity contribution >= 4 is 15.9 Å². The van der Waals surface area contributed by atoms with E-state index in [1.807, 2.05) is 13.0 Å². The van der Waals surface area contributed by atoms with Gasteiger partial charge in [0.05, 0.1) is 17.1 Å². The number of amides is 1. The Morgan fingerprint density at radius 1 is 1.32 bits per heavy atom. The molecule has 2 heterocycles. The van der Waals surface area contributed by atoms with Crippen LogP contribution in [0.2, 0.25) is 0 Å². The zero-order chi connectivity index (χ0) is 18.0. The molecule has 1 aromatic heterocycles. The number of hydrogen-bond acceptors (Lipinski definition) is 5. The third-order valence-corrected chi connectivity index (χ3v) is 5.98. The van der Waals surface area contributed by atoms with Gasteiger partial charge in [0.2, 0.25) is 15.9 Å². The molecule has 1 aliphatic heterocycles. The van der Waals surface area contributed by atoms with Crippen molar-refractivity contribution in [3.63, 3.8) is 0 Å². The van der Waals surface area contributed by atoms with Crippen LogP contribution in [0.25, 0.3) is 0 Å². The summed E-state index contributed by atoms with van der Waals surface area (Å²) in [4.78, 5) is 15.5. The fraction of sp³-hybridized carbons (Fsp3) is 0.294. The van der Waals surface area contributed by atoms with Crippen molar-refractivity contribution in [2.45, 2.75) is 24.3 Å². The Labute approximate surface area is 146 Å². The van der Waals surface area contributed by atoms with Crippen LogP contribution in [0.1, 0.15) is 22.5 Å². The maximum atomic E-state index is 12.8. The summed E-state index contributed by atoms with van der Waals surface area (Å²) in [7, 11) is -3.70. The minimum absolute atomic E-state index is 0.0574. The Hall–Kier alpha value is -2.45. The molecule has 2 aromatic rings. The Bertz CT molecular complexity index is 898. The first-order chi connectivity index (χ1) is 11.9. The van der Waals surface area contributed by atoms with Crippen molar-refractivity contribution in [2.75, 3.05) is 13.1 Å². The van der Waals surface area contributed by atoms with Crippen LogP contribution in [0.5, 0.6) is 5.75 Å². The van der Waals surface area contributed by atoms with Crippen LogP contribution in [0.3, 0.4) is 0 Å². The zero-order valence-electron chi connectivity index (χ0n) is 13.8. The largest absolute Gasteiger partial charge is 0.487 e. The van der Waals surface area contributed by atoms with E-state index in [9.17, 15) is 13.2 Å². The highest BCUT2D eigenvalue weighted by Crippen LogP contribution is 2.25. The van der Waals surface area contributed by atoms with Crippen molar-refractivity contribution in [2.24, 2.45) is 5.73 Å². The van der Waals surface area contributed by atoms with E-state index in [2.05, 4.69) is 4.98 Å². The molecule has 1 aliphatic rings. The van der Waals surface area contributed by atoms with E-state index in [4.69, 9.17) is 10.5 Å². The second-order valence-corrected chi connectivity index (χ2v) is 7.81. The number of aryl methyl sites for hydroxylation is 1. The van der Waals surface area contributed by atoms with Gasteiger partial charge in [-0.3, -0.25) is 9.78 Å². The molecule has 0 aliphatic carbocycles. The fourth-order valence-electron chi connectivity index (χ4n) is 2.74. The molecule has 8 heteroatoms. The minimum Gasteiger partial charge on any atom is -0.487 e. The molecule has 0 unspecified atom stereocenters. The molecule has 25 heavy (non-hydrogen) atoms. The molecule has 1 aromatic carbocycles. The second kappa shape index (κ2) is 6.81. The second-order valence-electron chi connectivity index (χ2n) is 5.87. The Balaban J connectivity index is 1.75. The number of rotatable bonds is 5. The Kier molecular flexibility index (Phi) is 4.73. The highest BCUT2D eigenvalue weighted by atomic mass is 32.2. The predicted molar refractivity (Wildman–Crippen MR) is 91.7 cm³/mol. The van der Waals surface area contributed by atoms with Crippen LogP contribution < -0.4 is 10.5 Å². The smallest absolute Gasteiger partial charge is 0.248 e. The number of aromatic nitrogens is 1. The van der Waals surface area contributed by atoms with Gasteiger partial charge in [0.1, 0.15) is 11.9 Å². The summed E-state index contributed by atoms with van der Waals surface area (Å²) in [5.41, 5.74) is 6.16. The molecule has 0 spiro atoms. The van der Waals surface area contributed by atoms with Gasteiger partial charge in [0.25, 0.3) is 0 Å². The number of benzene rings is 1. The molecule has 7 nitrogen and oxygen atoms in total. The zero-order valence-corrected chi connectivity index (χ0v) is 14.6. The molecule has 1 amide bonds. The maximum absolute atomic E-state index is 12.8. The molecule has 132 valence electrons. The number of primary amides is 1. The summed E-state index contributed by atoms with van der Waals surface area (Å²) in [6.07, 6.45) is 2.03. The summed E-state index contributed by atoms with van der Waals surface area (Å²) >= 11 is 0. The van der Waals surface area contributed by atoms with E-state index in [-0.39, 0.29) is 23.1 Å². The molecule has 1 saturated heterocycles. The third kappa shape index (κ3) is 3.64. The van der Waals surface area contributed by atoms with Gasteiger partial charge in [-0.2, -0.15) is 4.31 Å². The molecule has 0 bridgehead atoms. The molecule has 0 radical (unpaired) electrons. The molecule has 1 atom stereocenters. The molecule has 2 N–H and O–H groups in total. The lowest BCUT2D eigenvalue weighted by atomic mass is 10.2. The normalized spacial score (nSPS) is 18.2. The summed E-state index contributed by atoms with van der Waals surface area (Å²) in [5.74, 6) is -0.00536. The Morgan fingerprint density at radius 3 is 2.84 bits per heavy atom. The van der Waals surface area contributed by atoms with Crippen molar-refractivity contribution in [3.8, 4) is 5.75 Å². The van der Waals surface area contributed by atoms with E-state index >= 15 is 0 Å². The van der Waals surface area contributed by atoms with Crippen molar-refractivity contribution < 1.29 is 17.9 Å². The molecular weight excluding hydrogens is 342 g/mol. The fourth-order valence-corrected chi connectivity index (χ4v) is 4.28. The number of sulfonamides is 1. The first-order valence-electron chi connectivity index (χ1n) is 7.86. The molecule has 1 fully saturated rings. The van der Waals surface area contributed by atoms with Crippen LogP contribution in [0, 0.1) is 6.92 Å². The first-order valence-corrected chi connectivity index (χ1v) is 9.30. The molecule has 0 saturated carbocycles. The van der Waals surface area contributed by atoms with Crippen molar-refractivity contribution in [1.29, 1.82) is 0 Å². The van der Waals surface area contributed by atoms with Crippen LogP contribution in [0.15, 0.2) is 47.5 Å². The number of pyridine rings is 1. The lowest BCUT2D eigenvalue weighted by Gasteiger charge is -2.18. The van der Waals surface area contributed by atoms with Crippen LogP contribution in [-0.2, 0) is 10.0 Å². The van der Waals surface area contributed by atoms with E-state index < -0.39 is 15.9 Å². The predicted octanol–water partition coefficient (Wildman–Crippen LogP) is 1.33. The topological polar surface area (TPSA) is 103 Å². The van der Waals surface area contributed by atoms with Gasteiger partial charge in [0, 0.05) is 18.3 Å². The quantitative estimate of drug-likeness (QED) is 0.865. The van der Waals surface area contributed by atoms with Gasteiger partial charge >= 0.3 is 0 Å². The van der Waals surface area contributed by atoms with Gasteiger partial charge in [-0.25, -0.2) is 8.42 Å². The summed E-state index contributed by atoms with van der Waals surface area (Å²) < 4.78 is 32.8. The third-order valence-electron chi connectivity index (χ3n) is 4.12. The number of hydrogen-bond donors (Lipinski definition) is 1. The molecule has 3 rings (SSSR count). The van der Waals surface area contributed by atoms with E-state index in [1.165, 1.54) is 28.6 Å². The highest BCUT2D eigenvalue weighted by Gasteiger charge is 2.34. The van der Waals surface area contributed by atoms with Crippen LogP contribution in [-0.4, -0.2) is 42.8 Å². The van der Waals surface area contributed by atoms with E-state index in [0.29, 0.717) is 18.7 Å². The first kappa shape index (κ1) is 17.4. The average Bonchev–Trinajstić information content (AvgIpc) is 3.06. The molecular formula is C17H19N3O4S. The number of carbonyl (C=O) groups is 1. The monoisotopic (exact) mass is 361 g/mol. The lowest BCUT2D eigenvalue weighted by Crippen LogP contribution is -2.31. The number of nitrogens with zero attached hydrogens (tertiary/aromatic N) is 2. The van der Waals surface area contributed by atoms with Gasteiger partial charge in [-0.15, -0.1) is 0 Å². The van der Waals surface area contributed by atoms with E-state index in [1.54, 1.807) is 12.3 Å². The van der Waals surface area contributed by atoms with Crippen molar-refractivity contribution in [3.05, 3.63) is 53.9 Å². The average molecular weight is 361 g/mol. The Morgan fingerprint density at radius 2 is 2.12 bits per heavy atom. The standard InChI is InChI=1S/C17H19N3O4S/c1-12-16(6-3-8-19-12)24-14-7-9-20(11-14)25(22,23)15-5-2-4-13(10-15)17(18)21/h2-6,8,10,14H,7,9,11H2,1H3,(H2,18,21)/t14-/m1/s1. The van der Waals surface area contributed by atoms with Gasteiger partial charge in [0.15, 0.2) is 0 Å². The minimum atomic E-state index is -3.70. The van der Waals surface area contributed by atoms with Gasteiger partial charge in [-0.1, -0.05) is 6.07 Å². The van der Waals surface area contributed by atoms with Crippen LogP contribution >= 0.6 is 0 Å². The number of ether oxygens (including phenoxy) is 1. The summed E-state index contributed by atoms with van der Waals surface area (Å²) in [6, 6.07) is 9.35. The van der Waals surface area contributed by atoms with Gasteiger partial charge in [-0.05, 0) is 43.7 Å².